The molecule has 11 heavy (non-hydrogen) atoms. The van der Waals surface area contributed by atoms with E-state index in [9.17, 15) is 0 Å². The van der Waals surface area contributed by atoms with E-state index in [2.05, 4.69) is 21.9 Å². The van der Waals surface area contributed by atoms with Gasteiger partial charge in [0, 0.05) is 6.42 Å². The van der Waals surface area contributed by atoms with Crippen LogP contribution in [0.3, 0.4) is 0 Å². The van der Waals surface area contributed by atoms with Crippen molar-refractivity contribution in [2.24, 2.45) is 0 Å². The molecule has 0 bridgehead atoms. The Bertz CT molecular complexity index is 186. The third-order valence-corrected chi connectivity index (χ3v) is 1.55. The van der Waals surface area contributed by atoms with Gasteiger partial charge in [-0.3, -0.25) is 0 Å². The van der Waals surface area contributed by atoms with Crippen LogP contribution in [-0.2, 0) is 6.42 Å². The van der Waals surface area contributed by atoms with Crippen LogP contribution in [0.4, 0.5) is 0 Å². The van der Waals surface area contributed by atoms with Gasteiger partial charge in [-0.15, -0.1) is 0 Å². The molecule has 60 valence electrons. The highest BCUT2D eigenvalue weighted by Crippen LogP contribution is 1.99. The van der Waals surface area contributed by atoms with Gasteiger partial charge in [-0.1, -0.05) is 19.8 Å². The normalized spacial score (nSPS) is 9.91. The molecule has 0 amide bonds. The number of hydrogen-bond donors (Lipinski definition) is 0. The second-order valence-corrected chi connectivity index (χ2v) is 2.51. The molecule has 0 radical (unpaired) electrons. The molecule has 1 rings (SSSR count). The van der Waals surface area contributed by atoms with Gasteiger partial charge in [-0.2, -0.15) is 0 Å². The Kier molecular flexibility index (Phi) is 3.52. The fraction of sp³-hybridized carbons (Fsp3) is 0.625. The molecule has 0 saturated heterocycles. The summed E-state index contributed by atoms with van der Waals surface area (Å²) in [5.41, 5.74) is 0. The summed E-state index contributed by atoms with van der Waals surface area (Å²) < 4.78 is 0. The van der Waals surface area contributed by atoms with Gasteiger partial charge in [0.05, 0.1) is 0 Å². The Morgan fingerprint density at radius 2 is 1.91 bits per heavy atom. The van der Waals surface area contributed by atoms with Crippen molar-refractivity contribution in [2.75, 3.05) is 0 Å². The highest BCUT2D eigenvalue weighted by atomic mass is 15.0. The maximum Gasteiger partial charge on any atom is 0.131 e. The van der Waals surface area contributed by atoms with Gasteiger partial charge >= 0.3 is 0 Å². The summed E-state index contributed by atoms with van der Waals surface area (Å²) in [6, 6.07) is 0. The summed E-state index contributed by atoms with van der Waals surface area (Å²) in [6.45, 7) is 2.19. The van der Waals surface area contributed by atoms with Crippen molar-refractivity contribution in [3.05, 3.63) is 18.5 Å². The van der Waals surface area contributed by atoms with Crippen molar-refractivity contribution in [3.63, 3.8) is 0 Å². The molecule has 0 atom stereocenters. The average molecular weight is 151 g/mol. The molecule has 1 heterocycles. The van der Waals surface area contributed by atoms with Gasteiger partial charge < -0.3 is 0 Å². The third-order valence-electron chi connectivity index (χ3n) is 1.55. The monoisotopic (exact) mass is 151 g/mol. The van der Waals surface area contributed by atoms with E-state index in [-0.39, 0.29) is 0 Å². The Balaban J connectivity index is 2.28. The van der Waals surface area contributed by atoms with Crippen molar-refractivity contribution in [2.45, 2.75) is 32.6 Å². The van der Waals surface area contributed by atoms with Crippen LogP contribution in [0.15, 0.2) is 12.7 Å². The van der Waals surface area contributed by atoms with E-state index >= 15 is 0 Å². The topological polar surface area (TPSA) is 38.7 Å². The minimum absolute atomic E-state index is 0.911. The van der Waals surface area contributed by atoms with Crippen molar-refractivity contribution in [3.8, 4) is 0 Å². The fourth-order valence-electron chi connectivity index (χ4n) is 0.925. The van der Waals surface area contributed by atoms with E-state index in [1.165, 1.54) is 19.3 Å². The van der Waals surface area contributed by atoms with Gasteiger partial charge in [0.1, 0.15) is 18.5 Å². The van der Waals surface area contributed by atoms with Gasteiger partial charge in [0.15, 0.2) is 0 Å². The molecule has 0 aliphatic rings. The van der Waals surface area contributed by atoms with Crippen LogP contribution in [0.1, 0.15) is 32.0 Å². The standard InChI is InChI=1S/C8H13N3/c1-2-3-4-5-8-10-6-9-7-11-8/h6-7H,2-5H2,1H3. The van der Waals surface area contributed by atoms with Crippen LogP contribution in [0.25, 0.3) is 0 Å². The molecular formula is C8H13N3. The van der Waals surface area contributed by atoms with Crippen LogP contribution in [-0.4, -0.2) is 15.0 Å². The highest BCUT2D eigenvalue weighted by Gasteiger charge is 1.92. The summed E-state index contributed by atoms with van der Waals surface area (Å²) in [4.78, 5) is 11.8. The van der Waals surface area contributed by atoms with Crippen LogP contribution in [0.5, 0.6) is 0 Å². The first-order valence-electron chi connectivity index (χ1n) is 4.04. The van der Waals surface area contributed by atoms with Crippen molar-refractivity contribution in [1.29, 1.82) is 0 Å². The first-order valence-corrected chi connectivity index (χ1v) is 4.04. The lowest BCUT2D eigenvalue weighted by Crippen LogP contribution is -1.94. The molecule has 0 spiro atoms. The second-order valence-electron chi connectivity index (χ2n) is 2.51. The van der Waals surface area contributed by atoms with E-state index in [1.807, 2.05) is 0 Å². The maximum atomic E-state index is 4.03. The van der Waals surface area contributed by atoms with Crippen molar-refractivity contribution >= 4 is 0 Å². The predicted molar refractivity (Wildman–Crippen MR) is 43.1 cm³/mol. The number of aromatic nitrogens is 3. The van der Waals surface area contributed by atoms with Crippen molar-refractivity contribution < 1.29 is 0 Å². The molecule has 0 unspecified atom stereocenters. The minimum Gasteiger partial charge on any atom is -0.225 e. The molecule has 1 aromatic rings. The molecular weight excluding hydrogens is 138 g/mol. The van der Waals surface area contributed by atoms with E-state index in [1.54, 1.807) is 12.7 Å². The average Bonchev–Trinajstić information content (AvgIpc) is 2.07. The quantitative estimate of drug-likeness (QED) is 0.613. The largest absolute Gasteiger partial charge is 0.225 e. The van der Waals surface area contributed by atoms with Gasteiger partial charge in [-0.25, -0.2) is 15.0 Å². The summed E-state index contributed by atoms with van der Waals surface area (Å²) in [5.74, 6) is 0.911. The highest BCUT2D eigenvalue weighted by molar-refractivity contribution is 4.80. The second kappa shape index (κ2) is 4.77. The SMILES string of the molecule is CCCCCc1ncncn1. The number of nitrogens with zero attached hydrogens (tertiary/aromatic N) is 3. The third kappa shape index (κ3) is 3.07. The fourth-order valence-corrected chi connectivity index (χ4v) is 0.925. The zero-order valence-corrected chi connectivity index (χ0v) is 6.82. The molecule has 0 saturated carbocycles. The van der Waals surface area contributed by atoms with Crippen LogP contribution in [0.2, 0.25) is 0 Å². The smallest absolute Gasteiger partial charge is 0.131 e. The summed E-state index contributed by atoms with van der Waals surface area (Å²) >= 11 is 0. The lowest BCUT2D eigenvalue weighted by Gasteiger charge is -1.95. The molecule has 0 fully saturated rings. The lowest BCUT2D eigenvalue weighted by molar-refractivity contribution is 0.689. The van der Waals surface area contributed by atoms with E-state index < -0.39 is 0 Å². The van der Waals surface area contributed by atoms with Gasteiger partial charge in [0.25, 0.3) is 0 Å². The molecule has 1 aromatic heterocycles. The number of aryl methyl sites for hydroxylation is 1. The molecule has 0 N–H and O–H groups in total. The first kappa shape index (κ1) is 8.11. The van der Waals surface area contributed by atoms with Gasteiger partial charge in [-0.05, 0) is 6.42 Å². The zero-order chi connectivity index (χ0) is 7.94. The Morgan fingerprint density at radius 1 is 1.18 bits per heavy atom. The molecule has 0 aliphatic carbocycles. The molecule has 3 nitrogen and oxygen atoms in total. The Hall–Kier alpha value is -0.990. The Morgan fingerprint density at radius 3 is 2.55 bits per heavy atom. The summed E-state index contributed by atoms with van der Waals surface area (Å²) in [5, 5.41) is 0. The maximum absolute atomic E-state index is 4.03. The van der Waals surface area contributed by atoms with Crippen LogP contribution >= 0.6 is 0 Å². The van der Waals surface area contributed by atoms with Crippen LogP contribution < -0.4 is 0 Å². The lowest BCUT2D eigenvalue weighted by atomic mass is 10.2. The number of unbranched alkanes of at least 4 members (excludes halogenated alkanes) is 2. The van der Waals surface area contributed by atoms with E-state index in [4.69, 9.17) is 0 Å². The molecule has 3 heteroatoms. The van der Waals surface area contributed by atoms with Crippen LogP contribution in [0, 0.1) is 0 Å². The molecule has 0 aromatic carbocycles. The Labute approximate surface area is 66.9 Å². The van der Waals surface area contributed by atoms with Crippen molar-refractivity contribution in [1.82, 2.24) is 15.0 Å². The predicted octanol–water partition coefficient (Wildman–Crippen LogP) is 1.60. The first-order chi connectivity index (χ1) is 5.43. The van der Waals surface area contributed by atoms with E-state index in [0.717, 1.165) is 12.2 Å². The molecule has 0 aliphatic heterocycles. The number of rotatable bonds is 4. The summed E-state index contributed by atoms with van der Waals surface area (Å²) in [6.07, 6.45) is 7.76. The summed E-state index contributed by atoms with van der Waals surface area (Å²) in [7, 11) is 0. The number of hydrogen-bond acceptors (Lipinski definition) is 3. The van der Waals surface area contributed by atoms with Gasteiger partial charge in [0.2, 0.25) is 0 Å². The minimum atomic E-state index is 0.911. The van der Waals surface area contributed by atoms with E-state index in [0.29, 0.717) is 0 Å². The zero-order valence-electron chi connectivity index (χ0n) is 6.82.